The van der Waals surface area contributed by atoms with Crippen molar-refractivity contribution in [3.05, 3.63) is 11.6 Å². The van der Waals surface area contributed by atoms with E-state index in [9.17, 15) is 4.79 Å². The summed E-state index contributed by atoms with van der Waals surface area (Å²) in [6.07, 6.45) is 5.23. The number of aldehydes is 1. The van der Waals surface area contributed by atoms with E-state index in [1.165, 1.54) is 0 Å². The maximum absolute atomic E-state index is 10.5. The van der Waals surface area contributed by atoms with Crippen LogP contribution >= 0.6 is 0 Å². The van der Waals surface area contributed by atoms with Gasteiger partial charge in [0.15, 0.2) is 0 Å². The van der Waals surface area contributed by atoms with Gasteiger partial charge in [-0.05, 0) is 29.7 Å². The molecule has 0 radical (unpaired) electrons. The van der Waals surface area contributed by atoms with E-state index < -0.39 is 0 Å². The normalized spacial score (nSPS) is 29.4. The largest absolute Gasteiger partial charge is 0.298 e. The van der Waals surface area contributed by atoms with Crippen LogP contribution in [0.4, 0.5) is 0 Å². The monoisotopic (exact) mass is 152 g/mol. The molecule has 0 aromatic carbocycles. The summed E-state index contributed by atoms with van der Waals surface area (Å²) in [5.41, 5.74) is 1.20. The van der Waals surface area contributed by atoms with Crippen molar-refractivity contribution >= 4 is 6.29 Å². The molecule has 0 heterocycles. The second kappa shape index (κ2) is 2.80. The van der Waals surface area contributed by atoms with Crippen LogP contribution in [0, 0.1) is 11.3 Å². The summed E-state index contributed by atoms with van der Waals surface area (Å²) >= 11 is 0. The molecule has 1 aliphatic carbocycles. The van der Waals surface area contributed by atoms with Gasteiger partial charge in [-0.15, -0.1) is 0 Å². The molecule has 1 rings (SSSR count). The fourth-order valence-corrected chi connectivity index (χ4v) is 1.54. The Hall–Kier alpha value is -0.590. The van der Waals surface area contributed by atoms with E-state index in [-0.39, 0.29) is 5.41 Å². The quantitative estimate of drug-likeness (QED) is 0.528. The molecule has 0 aromatic heterocycles. The first-order chi connectivity index (χ1) is 5.06. The zero-order chi connectivity index (χ0) is 8.48. The summed E-state index contributed by atoms with van der Waals surface area (Å²) in [6.45, 7) is 6.64. The van der Waals surface area contributed by atoms with Crippen LogP contribution in [-0.4, -0.2) is 6.29 Å². The average Bonchev–Trinajstić information content (AvgIpc) is 1.95. The van der Waals surface area contributed by atoms with Crippen molar-refractivity contribution in [3.63, 3.8) is 0 Å². The first-order valence-electron chi connectivity index (χ1n) is 4.23. The van der Waals surface area contributed by atoms with Gasteiger partial charge in [-0.2, -0.15) is 0 Å². The predicted molar refractivity (Wildman–Crippen MR) is 46.3 cm³/mol. The lowest BCUT2D eigenvalue weighted by atomic mass is 9.72. The van der Waals surface area contributed by atoms with E-state index >= 15 is 0 Å². The molecule has 0 amide bonds. The van der Waals surface area contributed by atoms with Gasteiger partial charge in [0.05, 0.1) is 0 Å². The fraction of sp³-hybridized carbons (Fsp3) is 0.700. The van der Waals surface area contributed by atoms with E-state index in [1.807, 2.05) is 0 Å². The van der Waals surface area contributed by atoms with E-state index in [1.54, 1.807) is 0 Å². The van der Waals surface area contributed by atoms with E-state index in [4.69, 9.17) is 0 Å². The standard InChI is InChI=1S/C10H16O/c1-8-4-5-9(7-11)6-10(8,2)3/h6-8H,4-5H2,1-3H3. The fourth-order valence-electron chi connectivity index (χ4n) is 1.54. The number of rotatable bonds is 1. The second-order valence-electron chi connectivity index (χ2n) is 4.10. The Kier molecular flexibility index (Phi) is 2.17. The number of carbonyl (C=O) groups is 1. The first kappa shape index (κ1) is 8.51. The van der Waals surface area contributed by atoms with Crippen LogP contribution in [0.3, 0.4) is 0 Å². The molecule has 1 aliphatic rings. The molecule has 0 aliphatic heterocycles. The van der Waals surface area contributed by atoms with Crippen molar-refractivity contribution < 1.29 is 4.79 Å². The molecule has 1 nitrogen and oxygen atoms in total. The lowest BCUT2D eigenvalue weighted by molar-refractivity contribution is -0.105. The summed E-state index contributed by atoms with van der Waals surface area (Å²) in [6, 6.07) is 0. The molecule has 0 aromatic rings. The van der Waals surface area contributed by atoms with Gasteiger partial charge >= 0.3 is 0 Å². The summed E-state index contributed by atoms with van der Waals surface area (Å²) in [5.74, 6) is 0.700. The molecule has 1 unspecified atom stereocenters. The van der Waals surface area contributed by atoms with E-state index in [0.29, 0.717) is 5.92 Å². The molecule has 0 bridgehead atoms. The molecular formula is C10H16O. The van der Waals surface area contributed by atoms with Crippen molar-refractivity contribution in [2.24, 2.45) is 11.3 Å². The molecule has 0 fully saturated rings. The Bertz CT molecular complexity index is 189. The topological polar surface area (TPSA) is 17.1 Å². The first-order valence-corrected chi connectivity index (χ1v) is 4.23. The number of hydrogen-bond acceptors (Lipinski definition) is 1. The maximum atomic E-state index is 10.5. The third-order valence-corrected chi connectivity index (χ3v) is 2.84. The predicted octanol–water partition coefficient (Wildman–Crippen LogP) is 2.57. The van der Waals surface area contributed by atoms with Gasteiger partial charge in [0, 0.05) is 0 Å². The molecule has 0 spiro atoms. The van der Waals surface area contributed by atoms with Crippen molar-refractivity contribution in [2.75, 3.05) is 0 Å². The Morgan fingerprint density at radius 1 is 1.64 bits per heavy atom. The highest BCUT2D eigenvalue weighted by atomic mass is 16.1. The van der Waals surface area contributed by atoms with Crippen LogP contribution in [0.2, 0.25) is 0 Å². The van der Waals surface area contributed by atoms with E-state index in [0.717, 1.165) is 24.7 Å². The summed E-state index contributed by atoms with van der Waals surface area (Å²) in [5, 5.41) is 0. The van der Waals surface area contributed by atoms with E-state index in [2.05, 4.69) is 26.8 Å². The highest BCUT2D eigenvalue weighted by Crippen LogP contribution is 2.37. The maximum Gasteiger partial charge on any atom is 0.145 e. The molecule has 11 heavy (non-hydrogen) atoms. The third kappa shape index (κ3) is 1.70. The smallest absolute Gasteiger partial charge is 0.145 e. The highest BCUT2D eigenvalue weighted by Gasteiger charge is 2.27. The van der Waals surface area contributed by atoms with Crippen molar-refractivity contribution in [1.29, 1.82) is 0 Å². The van der Waals surface area contributed by atoms with Crippen LogP contribution in [0.15, 0.2) is 11.6 Å². The number of allylic oxidation sites excluding steroid dienone is 2. The summed E-state index contributed by atoms with van der Waals surface area (Å²) in [4.78, 5) is 10.5. The van der Waals surface area contributed by atoms with Gasteiger partial charge in [0.25, 0.3) is 0 Å². The van der Waals surface area contributed by atoms with Crippen molar-refractivity contribution in [1.82, 2.24) is 0 Å². The zero-order valence-corrected chi connectivity index (χ0v) is 7.55. The van der Waals surface area contributed by atoms with Gasteiger partial charge in [0.2, 0.25) is 0 Å². The van der Waals surface area contributed by atoms with Gasteiger partial charge in [0.1, 0.15) is 6.29 Å². The van der Waals surface area contributed by atoms with Crippen molar-refractivity contribution in [3.8, 4) is 0 Å². The molecule has 1 atom stereocenters. The third-order valence-electron chi connectivity index (χ3n) is 2.84. The minimum atomic E-state index is 0.217. The lowest BCUT2D eigenvalue weighted by Crippen LogP contribution is -2.23. The second-order valence-corrected chi connectivity index (χ2v) is 4.10. The lowest BCUT2D eigenvalue weighted by Gasteiger charge is -2.33. The van der Waals surface area contributed by atoms with Crippen LogP contribution in [0.25, 0.3) is 0 Å². The Balaban J connectivity index is 2.84. The SMILES string of the molecule is CC1CCC(C=O)=CC1(C)C. The van der Waals surface area contributed by atoms with Gasteiger partial charge < -0.3 is 0 Å². The van der Waals surface area contributed by atoms with Crippen LogP contribution in [0.1, 0.15) is 33.6 Å². The Morgan fingerprint density at radius 2 is 2.27 bits per heavy atom. The average molecular weight is 152 g/mol. The van der Waals surface area contributed by atoms with Gasteiger partial charge in [-0.3, -0.25) is 4.79 Å². The van der Waals surface area contributed by atoms with Crippen LogP contribution < -0.4 is 0 Å². The zero-order valence-electron chi connectivity index (χ0n) is 7.55. The highest BCUT2D eigenvalue weighted by molar-refractivity contribution is 5.73. The minimum Gasteiger partial charge on any atom is -0.298 e. The summed E-state index contributed by atoms with van der Waals surface area (Å²) in [7, 11) is 0. The Morgan fingerprint density at radius 3 is 2.73 bits per heavy atom. The Labute approximate surface area is 68.5 Å². The van der Waals surface area contributed by atoms with Crippen LogP contribution in [0.5, 0.6) is 0 Å². The molecular weight excluding hydrogens is 136 g/mol. The molecule has 0 saturated carbocycles. The molecule has 0 N–H and O–H groups in total. The number of hydrogen-bond donors (Lipinski definition) is 0. The van der Waals surface area contributed by atoms with Crippen LogP contribution in [-0.2, 0) is 4.79 Å². The van der Waals surface area contributed by atoms with Gasteiger partial charge in [-0.1, -0.05) is 26.8 Å². The van der Waals surface area contributed by atoms with Gasteiger partial charge in [-0.25, -0.2) is 0 Å². The number of carbonyl (C=O) groups excluding carboxylic acids is 1. The molecule has 1 heteroatoms. The van der Waals surface area contributed by atoms with Crippen molar-refractivity contribution in [2.45, 2.75) is 33.6 Å². The molecule has 62 valence electrons. The summed E-state index contributed by atoms with van der Waals surface area (Å²) < 4.78 is 0. The molecule has 0 saturated heterocycles. The minimum absolute atomic E-state index is 0.217.